The summed E-state index contributed by atoms with van der Waals surface area (Å²) < 4.78 is 0. The van der Waals surface area contributed by atoms with E-state index in [2.05, 4.69) is 36.1 Å². The lowest BCUT2D eigenvalue weighted by Crippen LogP contribution is -2.21. The van der Waals surface area contributed by atoms with E-state index in [-0.39, 0.29) is 5.56 Å². The van der Waals surface area contributed by atoms with Crippen molar-refractivity contribution in [2.45, 2.75) is 46.6 Å². The third-order valence-electron chi connectivity index (χ3n) is 2.71. The fourth-order valence-corrected chi connectivity index (χ4v) is 1.73. The molecule has 4 heteroatoms. The van der Waals surface area contributed by atoms with E-state index >= 15 is 0 Å². The van der Waals surface area contributed by atoms with Gasteiger partial charge in [0.2, 0.25) is 0 Å². The van der Waals surface area contributed by atoms with E-state index in [4.69, 9.17) is 0 Å². The summed E-state index contributed by atoms with van der Waals surface area (Å²) in [5.41, 5.74) is -0.106. The zero-order chi connectivity index (χ0) is 12.1. The van der Waals surface area contributed by atoms with Crippen LogP contribution < -0.4 is 10.9 Å². The summed E-state index contributed by atoms with van der Waals surface area (Å²) in [6.07, 6.45) is 2.26. The molecular formula is C12H21N3O. The summed E-state index contributed by atoms with van der Waals surface area (Å²) >= 11 is 0. The average Bonchev–Trinajstić information content (AvgIpc) is 2.15. The fourth-order valence-electron chi connectivity index (χ4n) is 1.73. The number of H-pyrrole nitrogens is 1. The van der Waals surface area contributed by atoms with Gasteiger partial charge in [-0.1, -0.05) is 20.3 Å². The lowest BCUT2D eigenvalue weighted by atomic mass is 10.0. The Bertz CT molecular complexity index is 386. The Hall–Kier alpha value is -1.32. The van der Waals surface area contributed by atoms with Gasteiger partial charge in [0.1, 0.15) is 11.6 Å². The molecule has 1 aromatic rings. The van der Waals surface area contributed by atoms with Gasteiger partial charge >= 0.3 is 0 Å². The number of hydrogen-bond acceptors (Lipinski definition) is 3. The summed E-state index contributed by atoms with van der Waals surface area (Å²) in [6, 6.07) is 1.84. The summed E-state index contributed by atoms with van der Waals surface area (Å²) in [5, 5.41) is 3.26. The van der Waals surface area contributed by atoms with Crippen LogP contribution in [0.25, 0.3) is 0 Å². The molecule has 1 rings (SSSR count). The maximum atomic E-state index is 11.2. The second kappa shape index (κ2) is 5.68. The maximum Gasteiger partial charge on any atom is 0.252 e. The van der Waals surface area contributed by atoms with E-state index in [1.54, 1.807) is 6.92 Å². The van der Waals surface area contributed by atoms with Gasteiger partial charge in [-0.05, 0) is 26.2 Å². The van der Waals surface area contributed by atoms with Crippen LogP contribution in [-0.4, -0.2) is 16.0 Å². The van der Waals surface area contributed by atoms with Gasteiger partial charge in [0, 0.05) is 12.1 Å². The van der Waals surface area contributed by atoms with Crippen LogP contribution in [-0.2, 0) is 0 Å². The molecule has 0 aliphatic carbocycles. The first-order valence-electron chi connectivity index (χ1n) is 5.85. The Labute approximate surface area is 96.5 Å². The van der Waals surface area contributed by atoms with Gasteiger partial charge in [-0.15, -0.1) is 0 Å². The third kappa shape index (κ3) is 4.04. The number of aryl methyl sites for hydroxylation is 1. The number of rotatable bonds is 5. The first-order chi connectivity index (χ1) is 7.51. The molecular weight excluding hydrogens is 202 g/mol. The Balaban J connectivity index is 2.62. The minimum Gasteiger partial charge on any atom is -0.367 e. The zero-order valence-electron chi connectivity index (χ0n) is 10.5. The highest BCUT2D eigenvalue weighted by molar-refractivity contribution is 5.33. The van der Waals surface area contributed by atoms with E-state index < -0.39 is 0 Å². The number of aromatic nitrogens is 2. The van der Waals surface area contributed by atoms with Crippen LogP contribution in [0, 0.1) is 12.8 Å². The van der Waals surface area contributed by atoms with Crippen LogP contribution in [0.5, 0.6) is 0 Å². The molecule has 0 radical (unpaired) electrons. The summed E-state index contributed by atoms with van der Waals surface area (Å²) in [4.78, 5) is 18.1. The fraction of sp³-hybridized carbons (Fsp3) is 0.667. The molecule has 2 N–H and O–H groups in total. The van der Waals surface area contributed by atoms with Crippen molar-refractivity contribution in [3.63, 3.8) is 0 Å². The van der Waals surface area contributed by atoms with Crippen LogP contribution in [0.3, 0.4) is 0 Å². The third-order valence-corrected chi connectivity index (χ3v) is 2.71. The number of nitrogens with zero attached hydrogens (tertiary/aromatic N) is 1. The molecule has 16 heavy (non-hydrogen) atoms. The van der Waals surface area contributed by atoms with E-state index in [1.807, 2.05) is 0 Å². The molecule has 90 valence electrons. The highest BCUT2D eigenvalue weighted by Crippen LogP contribution is 2.12. The molecule has 0 aromatic carbocycles. The lowest BCUT2D eigenvalue weighted by molar-refractivity contribution is 0.483. The molecule has 0 aliphatic heterocycles. The SMILES string of the molecule is CCC(C)CC(C)Nc1cc(=O)[nH]c(C)n1. The Kier molecular flexibility index (Phi) is 4.52. The van der Waals surface area contributed by atoms with Gasteiger partial charge in [-0.3, -0.25) is 4.79 Å². The molecule has 0 fully saturated rings. The number of aromatic amines is 1. The highest BCUT2D eigenvalue weighted by atomic mass is 16.1. The minimum atomic E-state index is -0.106. The van der Waals surface area contributed by atoms with Gasteiger partial charge in [0.05, 0.1) is 0 Å². The van der Waals surface area contributed by atoms with Crippen LogP contribution in [0.2, 0.25) is 0 Å². The van der Waals surface area contributed by atoms with Crippen molar-refractivity contribution in [3.05, 3.63) is 22.2 Å². The van der Waals surface area contributed by atoms with Crippen molar-refractivity contribution in [3.8, 4) is 0 Å². The number of anilines is 1. The van der Waals surface area contributed by atoms with Crippen molar-refractivity contribution < 1.29 is 0 Å². The molecule has 2 unspecified atom stereocenters. The quantitative estimate of drug-likeness (QED) is 0.805. The van der Waals surface area contributed by atoms with E-state index in [1.165, 1.54) is 12.5 Å². The molecule has 0 saturated carbocycles. The molecule has 0 saturated heterocycles. The summed E-state index contributed by atoms with van der Waals surface area (Å²) in [6.45, 7) is 8.32. The van der Waals surface area contributed by atoms with Crippen molar-refractivity contribution in [1.29, 1.82) is 0 Å². The largest absolute Gasteiger partial charge is 0.367 e. The Morgan fingerprint density at radius 3 is 2.75 bits per heavy atom. The summed E-state index contributed by atoms with van der Waals surface area (Å²) in [5.74, 6) is 1.99. The van der Waals surface area contributed by atoms with Crippen LogP contribution in [0.4, 0.5) is 5.82 Å². The topological polar surface area (TPSA) is 57.8 Å². The molecule has 2 atom stereocenters. The van der Waals surface area contributed by atoms with Gasteiger partial charge in [-0.2, -0.15) is 0 Å². The smallest absolute Gasteiger partial charge is 0.252 e. The highest BCUT2D eigenvalue weighted by Gasteiger charge is 2.08. The normalized spacial score (nSPS) is 14.5. The molecule has 1 heterocycles. The van der Waals surface area contributed by atoms with E-state index in [0.29, 0.717) is 23.6 Å². The van der Waals surface area contributed by atoms with Crippen molar-refractivity contribution in [1.82, 2.24) is 9.97 Å². The standard InChI is InChI=1S/C12H21N3O/c1-5-8(2)6-9(3)13-11-7-12(16)15-10(4)14-11/h7-9H,5-6H2,1-4H3,(H2,13,14,15,16). The maximum absolute atomic E-state index is 11.2. The van der Waals surface area contributed by atoms with E-state index in [9.17, 15) is 4.79 Å². The monoisotopic (exact) mass is 223 g/mol. The predicted molar refractivity (Wildman–Crippen MR) is 66.8 cm³/mol. The second-order valence-electron chi connectivity index (χ2n) is 4.51. The van der Waals surface area contributed by atoms with Gasteiger partial charge in [0.25, 0.3) is 5.56 Å². The van der Waals surface area contributed by atoms with Crippen molar-refractivity contribution in [2.24, 2.45) is 5.92 Å². The zero-order valence-corrected chi connectivity index (χ0v) is 10.5. The average molecular weight is 223 g/mol. The Morgan fingerprint density at radius 1 is 1.50 bits per heavy atom. The van der Waals surface area contributed by atoms with Crippen molar-refractivity contribution >= 4 is 5.82 Å². The molecule has 4 nitrogen and oxygen atoms in total. The Morgan fingerprint density at radius 2 is 2.19 bits per heavy atom. The van der Waals surface area contributed by atoms with Gasteiger partial charge in [0.15, 0.2) is 0 Å². The number of hydrogen-bond donors (Lipinski definition) is 2. The molecule has 0 amide bonds. The van der Waals surface area contributed by atoms with Crippen molar-refractivity contribution in [2.75, 3.05) is 5.32 Å². The molecule has 1 aromatic heterocycles. The first kappa shape index (κ1) is 12.7. The van der Waals surface area contributed by atoms with Gasteiger partial charge in [-0.25, -0.2) is 4.98 Å². The minimum absolute atomic E-state index is 0.106. The van der Waals surface area contributed by atoms with E-state index in [0.717, 1.165) is 6.42 Å². The number of nitrogens with one attached hydrogen (secondary N) is 2. The predicted octanol–water partition coefficient (Wildman–Crippen LogP) is 2.31. The molecule has 0 spiro atoms. The molecule has 0 bridgehead atoms. The first-order valence-corrected chi connectivity index (χ1v) is 5.85. The van der Waals surface area contributed by atoms with Crippen LogP contribution >= 0.6 is 0 Å². The second-order valence-corrected chi connectivity index (χ2v) is 4.51. The molecule has 0 aliphatic rings. The van der Waals surface area contributed by atoms with Crippen LogP contribution in [0.15, 0.2) is 10.9 Å². The van der Waals surface area contributed by atoms with Crippen LogP contribution in [0.1, 0.15) is 39.4 Å². The van der Waals surface area contributed by atoms with Gasteiger partial charge < -0.3 is 10.3 Å². The lowest BCUT2D eigenvalue weighted by Gasteiger charge is -2.17. The summed E-state index contributed by atoms with van der Waals surface area (Å²) in [7, 11) is 0.